The molecule has 0 radical (unpaired) electrons. The standard InChI is InChI=1S/C17H27NO3S/c1-14(2)12-15-4-6-17(7-5-15)22(19,20)18(3)13-16-8-10-21-11-9-16/h4-7,14,16H,8-13H2,1-3H3. The number of rotatable bonds is 6. The molecule has 5 heteroatoms. The summed E-state index contributed by atoms with van der Waals surface area (Å²) >= 11 is 0. The third kappa shape index (κ3) is 4.54. The molecule has 1 aliphatic heterocycles. The molecule has 1 heterocycles. The summed E-state index contributed by atoms with van der Waals surface area (Å²) in [7, 11) is -1.72. The first-order chi connectivity index (χ1) is 10.4. The predicted octanol–water partition coefficient (Wildman–Crippen LogP) is 2.93. The van der Waals surface area contributed by atoms with Gasteiger partial charge < -0.3 is 4.74 Å². The number of ether oxygens (including phenoxy) is 1. The number of benzene rings is 1. The van der Waals surface area contributed by atoms with E-state index in [1.807, 2.05) is 12.1 Å². The fourth-order valence-electron chi connectivity index (χ4n) is 2.84. The molecule has 0 amide bonds. The van der Waals surface area contributed by atoms with Crippen LogP contribution in [0.2, 0.25) is 0 Å². The van der Waals surface area contributed by atoms with Crippen molar-refractivity contribution < 1.29 is 13.2 Å². The molecule has 0 aromatic heterocycles. The first kappa shape index (κ1) is 17.4. The molecular weight excluding hydrogens is 298 g/mol. The molecule has 2 rings (SSSR count). The Morgan fingerprint density at radius 3 is 2.32 bits per heavy atom. The Kier molecular flexibility index (Phi) is 6.01. The highest BCUT2D eigenvalue weighted by molar-refractivity contribution is 7.89. The van der Waals surface area contributed by atoms with Crippen molar-refractivity contribution in [3.05, 3.63) is 29.8 Å². The highest BCUT2D eigenvalue weighted by atomic mass is 32.2. The van der Waals surface area contributed by atoms with Crippen LogP contribution in [-0.2, 0) is 21.2 Å². The van der Waals surface area contributed by atoms with Gasteiger partial charge in [0, 0.05) is 26.8 Å². The van der Waals surface area contributed by atoms with E-state index in [1.54, 1.807) is 19.2 Å². The Balaban J connectivity index is 2.04. The molecule has 124 valence electrons. The first-order valence-electron chi connectivity index (χ1n) is 8.02. The predicted molar refractivity (Wildman–Crippen MR) is 88.3 cm³/mol. The minimum atomic E-state index is -3.39. The molecule has 0 N–H and O–H groups in total. The molecule has 1 saturated heterocycles. The Morgan fingerprint density at radius 1 is 1.18 bits per heavy atom. The smallest absolute Gasteiger partial charge is 0.242 e. The number of sulfonamides is 1. The SMILES string of the molecule is CC(C)Cc1ccc(S(=O)(=O)N(C)CC2CCOCC2)cc1. The molecule has 1 aromatic rings. The van der Waals surface area contributed by atoms with Gasteiger partial charge in [-0.1, -0.05) is 26.0 Å². The van der Waals surface area contributed by atoms with Crippen LogP contribution in [0, 0.1) is 11.8 Å². The maximum atomic E-state index is 12.6. The zero-order valence-corrected chi connectivity index (χ0v) is 14.6. The summed E-state index contributed by atoms with van der Waals surface area (Å²) in [6.45, 7) is 6.36. The minimum absolute atomic E-state index is 0.384. The fourth-order valence-corrected chi connectivity index (χ4v) is 4.09. The molecule has 0 bridgehead atoms. The van der Waals surface area contributed by atoms with Crippen LogP contribution in [0.25, 0.3) is 0 Å². The maximum absolute atomic E-state index is 12.6. The van der Waals surface area contributed by atoms with E-state index in [9.17, 15) is 8.42 Å². The zero-order valence-electron chi connectivity index (χ0n) is 13.8. The van der Waals surface area contributed by atoms with Gasteiger partial charge in [0.15, 0.2) is 0 Å². The molecule has 0 unspecified atom stereocenters. The average molecular weight is 325 g/mol. The van der Waals surface area contributed by atoms with Gasteiger partial charge in [0.2, 0.25) is 10.0 Å². The van der Waals surface area contributed by atoms with Gasteiger partial charge in [0.05, 0.1) is 4.90 Å². The van der Waals surface area contributed by atoms with Crippen molar-refractivity contribution in [3.8, 4) is 0 Å². The van der Waals surface area contributed by atoms with Crippen LogP contribution >= 0.6 is 0 Å². The molecule has 4 nitrogen and oxygen atoms in total. The summed E-state index contributed by atoms with van der Waals surface area (Å²) in [6.07, 6.45) is 2.85. The summed E-state index contributed by atoms with van der Waals surface area (Å²) in [5.41, 5.74) is 1.18. The summed E-state index contributed by atoms with van der Waals surface area (Å²) in [5, 5.41) is 0. The lowest BCUT2D eigenvalue weighted by molar-refractivity contribution is 0.0620. The lowest BCUT2D eigenvalue weighted by Crippen LogP contribution is -2.34. The van der Waals surface area contributed by atoms with Crippen molar-refractivity contribution in [3.63, 3.8) is 0 Å². The van der Waals surface area contributed by atoms with E-state index < -0.39 is 10.0 Å². The average Bonchev–Trinajstić information content (AvgIpc) is 2.48. The van der Waals surface area contributed by atoms with Crippen molar-refractivity contribution in [1.29, 1.82) is 0 Å². The van der Waals surface area contributed by atoms with Gasteiger partial charge in [-0.15, -0.1) is 0 Å². The quantitative estimate of drug-likeness (QED) is 0.808. The molecule has 22 heavy (non-hydrogen) atoms. The van der Waals surface area contributed by atoms with Crippen molar-refractivity contribution in [2.24, 2.45) is 11.8 Å². The molecule has 0 spiro atoms. The Labute approximate surface area is 134 Å². The van der Waals surface area contributed by atoms with Crippen LogP contribution in [0.15, 0.2) is 29.2 Å². The number of nitrogens with zero attached hydrogens (tertiary/aromatic N) is 1. The second-order valence-corrected chi connectivity index (χ2v) is 8.63. The van der Waals surface area contributed by atoms with Crippen molar-refractivity contribution in [1.82, 2.24) is 4.31 Å². The molecule has 1 aliphatic rings. The molecule has 1 fully saturated rings. The van der Waals surface area contributed by atoms with Crippen LogP contribution in [0.3, 0.4) is 0 Å². The molecule has 0 saturated carbocycles. The fraction of sp³-hybridized carbons (Fsp3) is 0.647. The number of hydrogen-bond acceptors (Lipinski definition) is 3. The topological polar surface area (TPSA) is 46.6 Å². The monoisotopic (exact) mass is 325 g/mol. The van der Waals surface area contributed by atoms with E-state index in [1.165, 1.54) is 9.87 Å². The van der Waals surface area contributed by atoms with Gasteiger partial charge in [0.25, 0.3) is 0 Å². The summed E-state index contributed by atoms with van der Waals surface area (Å²) in [6, 6.07) is 7.31. The van der Waals surface area contributed by atoms with E-state index in [-0.39, 0.29) is 0 Å². The van der Waals surface area contributed by atoms with Gasteiger partial charge >= 0.3 is 0 Å². The molecule has 1 aromatic carbocycles. The van der Waals surface area contributed by atoms with Crippen molar-refractivity contribution in [2.75, 3.05) is 26.8 Å². The summed E-state index contributed by atoms with van der Waals surface area (Å²) < 4.78 is 32.1. The Hall–Kier alpha value is -0.910. The third-order valence-corrected chi connectivity index (χ3v) is 5.97. The van der Waals surface area contributed by atoms with E-state index in [0.29, 0.717) is 23.3 Å². The van der Waals surface area contributed by atoms with Crippen LogP contribution < -0.4 is 0 Å². The Morgan fingerprint density at radius 2 is 1.77 bits per heavy atom. The lowest BCUT2D eigenvalue weighted by Gasteiger charge is -2.26. The Bertz CT molecular complexity index is 560. The third-order valence-electron chi connectivity index (χ3n) is 4.13. The molecule has 0 atom stereocenters. The normalized spacial score (nSPS) is 17.3. The largest absolute Gasteiger partial charge is 0.381 e. The van der Waals surface area contributed by atoms with Crippen LogP contribution in [0.5, 0.6) is 0 Å². The van der Waals surface area contributed by atoms with E-state index >= 15 is 0 Å². The van der Waals surface area contributed by atoms with E-state index in [2.05, 4.69) is 13.8 Å². The highest BCUT2D eigenvalue weighted by Gasteiger charge is 2.24. The van der Waals surface area contributed by atoms with Gasteiger partial charge in [-0.3, -0.25) is 0 Å². The number of hydrogen-bond donors (Lipinski definition) is 0. The molecular formula is C17H27NO3S. The van der Waals surface area contributed by atoms with Crippen LogP contribution in [-0.4, -0.2) is 39.5 Å². The first-order valence-corrected chi connectivity index (χ1v) is 9.46. The second kappa shape index (κ2) is 7.57. The van der Waals surface area contributed by atoms with E-state index in [4.69, 9.17) is 4.74 Å². The van der Waals surface area contributed by atoms with Gasteiger partial charge in [-0.25, -0.2) is 12.7 Å². The lowest BCUT2D eigenvalue weighted by atomic mass is 10.0. The summed E-state index contributed by atoms with van der Waals surface area (Å²) in [5.74, 6) is 0.965. The van der Waals surface area contributed by atoms with Gasteiger partial charge in [-0.05, 0) is 48.8 Å². The van der Waals surface area contributed by atoms with Crippen molar-refractivity contribution >= 4 is 10.0 Å². The van der Waals surface area contributed by atoms with Gasteiger partial charge in [-0.2, -0.15) is 0 Å². The molecule has 0 aliphatic carbocycles. The maximum Gasteiger partial charge on any atom is 0.242 e. The minimum Gasteiger partial charge on any atom is -0.381 e. The second-order valence-electron chi connectivity index (χ2n) is 6.58. The van der Waals surface area contributed by atoms with Crippen molar-refractivity contribution in [2.45, 2.75) is 38.0 Å². The van der Waals surface area contributed by atoms with E-state index in [0.717, 1.165) is 32.5 Å². The van der Waals surface area contributed by atoms with Gasteiger partial charge in [0.1, 0.15) is 0 Å². The van der Waals surface area contributed by atoms with Crippen LogP contribution in [0.4, 0.5) is 0 Å². The van der Waals surface area contributed by atoms with Crippen LogP contribution in [0.1, 0.15) is 32.3 Å². The zero-order chi connectivity index (χ0) is 16.2. The highest BCUT2D eigenvalue weighted by Crippen LogP contribution is 2.21. The summed E-state index contributed by atoms with van der Waals surface area (Å²) in [4.78, 5) is 0.384.